The second-order valence-corrected chi connectivity index (χ2v) is 4.03. The number of non-ortho nitro benzene ring substituents is 1. The predicted octanol–water partition coefficient (Wildman–Crippen LogP) is 3.19. The molecule has 20 heavy (non-hydrogen) atoms. The predicted molar refractivity (Wildman–Crippen MR) is 69.8 cm³/mol. The van der Waals surface area contributed by atoms with Crippen molar-refractivity contribution in [1.29, 1.82) is 0 Å². The maximum atomic E-state index is 13.5. The number of ether oxygens (including phenoxy) is 1. The molecular formula is C14H10FNO4. The normalized spacial score (nSPS) is 10.1. The van der Waals surface area contributed by atoms with E-state index >= 15 is 0 Å². The van der Waals surface area contributed by atoms with E-state index in [0.29, 0.717) is 11.1 Å². The highest BCUT2D eigenvalue weighted by molar-refractivity contribution is 5.91. The van der Waals surface area contributed by atoms with Gasteiger partial charge in [0.15, 0.2) is 0 Å². The number of hydrogen-bond acceptors (Lipinski definition) is 4. The van der Waals surface area contributed by atoms with Gasteiger partial charge in [0.2, 0.25) is 0 Å². The fourth-order valence-electron chi connectivity index (χ4n) is 1.79. The molecule has 0 amide bonds. The molecule has 0 fully saturated rings. The Bertz CT molecular complexity index is 685. The fraction of sp³-hybridized carbons (Fsp3) is 0.0714. The molecule has 0 unspecified atom stereocenters. The number of carbonyl (C=O) groups excluding carboxylic acids is 1. The van der Waals surface area contributed by atoms with Gasteiger partial charge < -0.3 is 4.74 Å². The summed E-state index contributed by atoms with van der Waals surface area (Å²) in [5.74, 6) is -1.29. The quantitative estimate of drug-likeness (QED) is 0.490. The summed E-state index contributed by atoms with van der Waals surface area (Å²) in [4.78, 5) is 21.6. The maximum absolute atomic E-state index is 13.5. The molecule has 2 rings (SSSR count). The van der Waals surface area contributed by atoms with Crippen molar-refractivity contribution >= 4 is 11.7 Å². The number of halogens is 1. The molecule has 0 saturated heterocycles. The molecule has 0 atom stereocenters. The van der Waals surface area contributed by atoms with Crippen LogP contribution in [0.15, 0.2) is 42.5 Å². The van der Waals surface area contributed by atoms with Crippen molar-refractivity contribution in [3.8, 4) is 11.1 Å². The number of carbonyl (C=O) groups is 1. The van der Waals surface area contributed by atoms with Crippen molar-refractivity contribution in [2.45, 2.75) is 0 Å². The number of benzene rings is 2. The first-order valence-corrected chi connectivity index (χ1v) is 5.65. The molecule has 0 aromatic heterocycles. The summed E-state index contributed by atoms with van der Waals surface area (Å²) in [6, 6.07) is 9.42. The van der Waals surface area contributed by atoms with E-state index < -0.39 is 16.7 Å². The average molecular weight is 275 g/mol. The van der Waals surface area contributed by atoms with Crippen LogP contribution in [0.5, 0.6) is 0 Å². The monoisotopic (exact) mass is 275 g/mol. The van der Waals surface area contributed by atoms with Gasteiger partial charge in [-0.15, -0.1) is 0 Å². The lowest BCUT2D eigenvalue weighted by atomic mass is 10.0. The van der Waals surface area contributed by atoms with E-state index in [9.17, 15) is 19.3 Å². The van der Waals surface area contributed by atoms with E-state index in [2.05, 4.69) is 4.74 Å². The van der Waals surface area contributed by atoms with Crippen LogP contribution in [0.4, 0.5) is 10.1 Å². The number of esters is 1. The molecule has 0 spiro atoms. The molecule has 0 N–H and O–H groups in total. The highest BCUT2D eigenvalue weighted by atomic mass is 19.1. The van der Waals surface area contributed by atoms with Gasteiger partial charge in [0.05, 0.1) is 17.6 Å². The molecule has 5 nitrogen and oxygen atoms in total. The lowest BCUT2D eigenvalue weighted by Crippen LogP contribution is -2.02. The molecule has 2 aromatic carbocycles. The zero-order valence-electron chi connectivity index (χ0n) is 10.5. The third-order valence-corrected chi connectivity index (χ3v) is 2.71. The summed E-state index contributed by atoms with van der Waals surface area (Å²) in [6.45, 7) is 0. The molecule has 6 heteroatoms. The van der Waals surface area contributed by atoms with Gasteiger partial charge in [-0.2, -0.15) is 0 Å². The van der Waals surface area contributed by atoms with Crippen LogP contribution in [-0.2, 0) is 4.74 Å². The summed E-state index contributed by atoms with van der Waals surface area (Å²) < 4.78 is 18.1. The second kappa shape index (κ2) is 5.48. The zero-order chi connectivity index (χ0) is 14.7. The van der Waals surface area contributed by atoms with Crippen LogP contribution in [0.3, 0.4) is 0 Å². The average Bonchev–Trinajstić information content (AvgIpc) is 2.45. The molecular weight excluding hydrogens is 265 g/mol. The molecule has 0 aliphatic carbocycles. The summed E-state index contributed by atoms with van der Waals surface area (Å²) in [5.41, 5.74) is 0.762. The highest BCUT2D eigenvalue weighted by Gasteiger charge is 2.12. The van der Waals surface area contributed by atoms with Crippen LogP contribution in [0.1, 0.15) is 10.4 Å². The first kappa shape index (κ1) is 13.7. The minimum atomic E-state index is -0.670. The zero-order valence-corrected chi connectivity index (χ0v) is 10.5. The maximum Gasteiger partial charge on any atom is 0.337 e. The number of methoxy groups -OCH3 is 1. The summed E-state index contributed by atoms with van der Waals surface area (Å²) in [5, 5.41) is 10.7. The first-order chi connectivity index (χ1) is 9.51. The van der Waals surface area contributed by atoms with E-state index in [1.807, 2.05) is 0 Å². The molecule has 0 aliphatic rings. The lowest BCUT2D eigenvalue weighted by molar-refractivity contribution is -0.384. The number of rotatable bonds is 3. The van der Waals surface area contributed by atoms with E-state index in [0.717, 1.165) is 6.07 Å². The van der Waals surface area contributed by atoms with Crippen molar-refractivity contribution in [1.82, 2.24) is 0 Å². The molecule has 0 heterocycles. The van der Waals surface area contributed by atoms with Gasteiger partial charge in [-0.05, 0) is 29.3 Å². The van der Waals surface area contributed by atoms with Crippen LogP contribution in [0.25, 0.3) is 11.1 Å². The molecule has 0 aliphatic heterocycles. The Kier molecular flexibility index (Phi) is 3.74. The first-order valence-electron chi connectivity index (χ1n) is 5.65. The number of hydrogen-bond donors (Lipinski definition) is 0. The summed E-state index contributed by atoms with van der Waals surface area (Å²) >= 11 is 0. The van der Waals surface area contributed by atoms with E-state index in [1.165, 1.54) is 37.4 Å². The molecule has 0 radical (unpaired) electrons. The number of nitro benzene ring substituents is 1. The Morgan fingerprint density at radius 2 is 1.95 bits per heavy atom. The van der Waals surface area contributed by atoms with Crippen molar-refractivity contribution in [2.75, 3.05) is 7.11 Å². The third-order valence-electron chi connectivity index (χ3n) is 2.71. The summed E-state index contributed by atoms with van der Waals surface area (Å²) in [6.07, 6.45) is 0. The van der Waals surface area contributed by atoms with Crippen molar-refractivity contribution in [3.05, 3.63) is 64.0 Å². The minimum absolute atomic E-state index is 0.0500. The SMILES string of the molecule is COC(=O)c1cc(F)cc(-c2cccc([N+](=O)[O-])c2)c1. The second-order valence-electron chi connectivity index (χ2n) is 4.03. The largest absolute Gasteiger partial charge is 0.465 e. The van der Waals surface area contributed by atoms with E-state index in [4.69, 9.17) is 0 Å². The Morgan fingerprint density at radius 1 is 1.20 bits per heavy atom. The van der Waals surface area contributed by atoms with Gasteiger partial charge >= 0.3 is 5.97 Å². The van der Waals surface area contributed by atoms with Crippen LogP contribution < -0.4 is 0 Å². The van der Waals surface area contributed by atoms with Crippen molar-refractivity contribution in [2.24, 2.45) is 0 Å². The van der Waals surface area contributed by atoms with Gasteiger partial charge in [0.25, 0.3) is 5.69 Å². The van der Waals surface area contributed by atoms with Crippen molar-refractivity contribution in [3.63, 3.8) is 0 Å². The van der Waals surface area contributed by atoms with Crippen LogP contribution in [-0.4, -0.2) is 18.0 Å². The highest BCUT2D eigenvalue weighted by Crippen LogP contribution is 2.25. The Morgan fingerprint density at radius 3 is 2.60 bits per heavy atom. The minimum Gasteiger partial charge on any atom is -0.465 e. The van der Waals surface area contributed by atoms with Crippen LogP contribution in [0, 0.1) is 15.9 Å². The van der Waals surface area contributed by atoms with Crippen molar-refractivity contribution < 1.29 is 18.8 Å². The Labute approximate surface area is 113 Å². The van der Waals surface area contributed by atoms with Crippen LogP contribution in [0.2, 0.25) is 0 Å². The van der Waals surface area contributed by atoms with Gasteiger partial charge in [-0.1, -0.05) is 12.1 Å². The Balaban J connectivity index is 2.52. The standard InChI is InChI=1S/C14H10FNO4/c1-20-14(17)11-5-10(6-12(15)7-11)9-3-2-4-13(8-9)16(18)19/h2-8H,1H3. The fourth-order valence-corrected chi connectivity index (χ4v) is 1.79. The Hall–Kier alpha value is -2.76. The topological polar surface area (TPSA) is 69.4 Å². The van der Waals surface area contributed by atoms with Gasteiger partial charge in [-0.3, -0.25) is 10.1 Å². The lowest BCUT2D eigenvalue weighted by Gasteiger charge is -2.05. The third kappa shape index (κ3) is 2.80. The molecule has 0 bridgehead atoms. The van der Waals surface area contributed by atoms with Gasteiger partial charge in [-0.25, -0.2) is 9.18 Å². The molecule has 0 saturated carbocycles. The summed E-state index contributed by atoms with van der Waals surface area (Å²) in [7, 11) is 1.19. The molecule has 102 valence electrons. The number of nitro groups is 1. The van der Waals surface area contributed by atoms with E-state index in [1.54, 1.807) is 6.07 Å². The molecule has 2 aromatic rings. The van der Waals surface area contributed by atoms with Gasteiger partial charge in [0.1, 0.15) is 5.82 Å². The van der Waals surface area contributed by atoms with Gasteiger partial charge in [0, 0.05) is 12.1 Å². The number of nitrogens with zero attached hydrogens (tertiary/aromatic N) is 1. The van der Waals surface area contributed by atoms with Crippen LogP contribution >= 0.6 is 0 Å². The van der Waals surface area contributed by atoms with E-state index in [-0.39, 0.29) is 11.3 Å². The smallest absolute Gasteiger partial charge is 0.337 e.